The molecule has 94 valence electrons. The minimum Gasteiger partial charge on any atom is -0.386 e. The van der Waals surface area contributed by atoms with Gasteiger partial charge < -0.3 is 5.11 Å². The molecule has 1 fully saturated rings. The van der Waals surface area contributed by atoms with Crippen LogP contribution >= 0.6 is 0 Å². The Hall–Kier alpha value is -1.48. The van der Waals surface area contributed by atoms with Gasteiger partial charge in [-0.25, -0.2) is 4.98 Å². The van der Waals surface area contributed by atoms with Crippen LogP contribution < -0.4 is 0 Å². The lowest BCUT2D eigenvalue weighted by Crippen LogP contribution is -2.17. The molecule has 1 atom stereocenters. The van der Waals surface area contributed by atoms with Gasteiger partial charge in [-0.2, -0.15) is 0 Å². The average Bonchev–Trinajstić information content (AvgIpc) is 2.47. The van der Waals surface area contributed by atoms with Crippen molar-refractivity contribution in [3.8, 4) is 0 Å². The van der Waals surface area contributed by atoms with Crippen molar-refractivity contribution < 1.29 is 5.11 Å². The summed E-state index contributed by atoms with van der Waals surface area (Å²) >= 11 is 0. The van der Waals surface area contributed by atoms with Gasteiger partial charge in [0.15, 0.2) is 0 Å². The molecule has 3 nitrogen and oxygen atoms in total. The Labute approximate surface area is 107 Å². The van der Waals surface area contributed by atoms with Crippen molar-refractivity contribution in [1.29, 1.82) is 0 Å². The Morgan fingerprint density at radius 2 is 1.78 bits per heavy atom. The van der Waals surface area contributed by atoms with Crippen molar-refractivity contribution >= 4 is 11.0 Å². The first-order valence-electron chi connectivity index (χ1n) is 6.74. The second kappa shape index (κ2) is 5.02. The summed E-state index contributed by atoms with van der Waals surface area (Å²) in [6, 6.07) is 7.79. The SMILES string of the molecule is OC(c1cnc2ccccc2n1)C1CCCCC1. The van der Waals surface area contributed by atoms with Gasteiger partial charge in [0.25, 0.3) is 0 Å². The Morgan fingerprint density at radius 3 is 2.56 bits per heavy atom. The highest BCUT2D eigenvalue weighted by molar-refractivity contribution is 5.73. The number of fused-ring (bicyclic) bond motifs is 1. The van der Waals surface area contributed by atoms with Crippen molar-refractivity contribution in [3.63, 3.8) is 0 Å². The van der Waals surface area contributed by atoms with Crippen LogP contribution in [0.1, 0.15) is 43.9 Å². The smallest absolute Gasteiger partial charge is 0.100 e. The number of para-hydroxylation sites is 2. The number of hydrogen-bond acceptors (Lipinski definition) is 3. The molecule has 0 bridgehead atoms. The van der Waals surface area contributed by atoms with Crippen LogP contribution in [0.5, 0.6) is 0 Å². The predicted molar refractivity (Wildman–Crippen MR) is 71.1 cm³/mol. The van der Waals surface area contributed by atoms with Gasteiger partial charge in [-0.15, -0.1) is 0 Å². The number of aromatic nitrogens is 2. The van der Waals surface area contributed by atoms with Crippen LogP contribution in [-0.4, -0.2) is 15.1 Å². The highest BCUT2D eigenvalue weighted by Gasteiger charge is 2.24. The standard InChI is InChI=1S/C15H18N2O/c18-15(11-6-2-1-3-7-11)14-10-16-12-8-4-5-9-13(12)17-14/h4-5,8-11,15,18H,1-3,6-7H2. The lowest BCUT2D eigenvalue weighted by molar-refractivity contribution is 0.0811. The molecule has 3 heteroatoms. The van der Waals surface area contributed by atoms with Crippen molar-refractivity contribution in [2.24, 2.45) is 5.92 Å². The van der Waals surface area contributed by atoms with Gasteiger partial charge in [0.1, 0.15) is 6.10 Å². The van der Waals surface area contributed by atoms with Crippen LogP contribution in [0.3, 0.4) is 0 Å². The predicted octanol–water partition coefficient (Wildman–Crippen LogP) is 3.24. The first kappa shape index (κ1) is 11.6. The van der Waals surface area contributed by atoms with E-state index in [1.54, 1.807) is 6.20 Å². The van der Waals surface area contributed by atoms with Gasteiger partial charge in [-0.1, -0.05) is 31.4 Å². The molecule has 0 aliphatic heterocycles. The fraction of sp³-hybridized carbons (Fsp3) is 0.467. The number of hydrogen-bond donors (Lipinski definition) is 1. The Morgan fingerprint density at radius 1 is 1.06 bits per heavy atom. The van der Waals surface area contributed by atoms with Gasteiger partial charge in [0.2, 0.25) is 0 Å². The largest absolute Gasteiger partial charge is 0.386 e. The summed E-state index contributed by atoms with van der Waals surface area (Å²) in [5.41, 5.74) is 2.47. The molecule has 3 rings (SSSR count). The van der Waals surface area contributed by atoms with Crippen LogP contribution in [0, 0.1) is 5.92 Å². The number of aliphatic hydroxyl groups excluding tert-OH is 1. The van der Waals surface area contributed by atoms with Crippen molar-refractivity contribution in [2.75, 3.05) is 0 Å². The fourth-order valence-electron chi connectivity index (χ4n) is 2.81. The topological polar surface area (TPSA) is 46.0 Å². The molecule has 18 heavy (non-hydrogen) atoms. The molecule has 0 amide bonds. The molecule has 0 radical (unpaired) electrons. The first-order valence-corrected chi connectivity index (χ1v) is 6.74. The van der Waals surface area contributed by atoms with E-state index in [0.29, 0.717) is 5.92 Å². The highest BCUT2D eigenvalue weighted by atomic mass is 16.3. The zero-order valence-electron chi connectivity index (χ0n) is 10.4. The van der Waals surface area contributed by atoms with Crippen LogP contribution in [0.25, 0.3) is 11.0 Å². The summed E-state index contributed by atoms with van der Waals surface area (Å²) in [6.07, 6.45) is 7.23. The molecule has 1 saturated carbocycles. The molecule has 0 spiro atoms. The van der Waals surface area contributed by atoms with E-state index < -0.39 is 6.10 Å². The average molecular weight is 242 g/mol. The zero-order chi connectivity index (χ0) is 12.4. The van der Waals surface area contributed by atoms with Crippen molar-refractivity contribution in [2.45, 2.75) is 38.2 Å². The minimum absolute atomic E-state index is 0.356. The number of nitrogens with zero attached hydrogens (tertiary/aromatic N) is 2. The lowest BCUT2D eigenvalue weighted by atomic mass is 9.84. The summed E-state index contributed by atoms with van der Waals surface area (Å²) in [5, 5.41) is 10.4. The zero-order valence-corrected chi connectivity index (χ0v) is 10.4. The molecule has 1 N–H and O–H groups in total. The monoisotopic (exact) mass is 242 g/mol. The van der Waals surface area contributed by atoms with Gasteiger partial charge in [0, 0.05) is 0 Å². The van der Waals surface area contributed by atoms with Gasteiger partial charge in [-0.3, -0.25) is 4.98 Å². The normalized spacial score (nSPS) is 18.9. The maximum atomic E-state index is 10.4. The maximum absolute atomic E-state index is 10.4. The summed E-state index contributed by atoms with van der Waals surface area (Å²) in [6.45, 7) is 0. The third-order valence-corrected chi connectivity index (χ3v) is 3.87. The van der Waals surface area contributed by atoms with E-state index in [0.717, 1.165) is 29.6 Å². The summed E-state index contributed by atoms with van der Waals surface area (Å²) in [4.78, 5) is 8.91. The Bertz CT molecular complexity index is 535. The van der Waals surface area contributed by atoms with Gasteiger partial charge in [-0.05, 0) is 30.9 Å². The van der Waals surface area contributed by atoms with E-state index in [4.69, 9.17) is 0 Å². The summed E-state index contributed by atoms with van der Waals surface area (Å²) < 4.78 is 0. The van der Waals surface area contributed by atoms with E-state index in [9.17, 15) is 5.11 Å². The van der Waals surface area contributed by atoms with Crippen molar-refractivity contribution in [3.05, 3.63) is 36.2 Å². The van der Waals surface area contributed by atoms with Crippen LogP contribution in [0.4, 0.5) is 0 Å². The second-order valence-electron chi connectivity index (χ2n) is 5.13. The number of rotatable bonds is 2. The molecular formula is C15H18N2O. The van der Waals surface area contributed by atoms with Crippen LogP contribution in [0.2, 0.25) is 0 Å². The van der Waals surface area contributed by atoms with Crippen molar-refractivity contribution in [1.82, 2.24) is 9.97 Å². The molecular weight excluding hydrogens is 224 g/mol. The van der Waals surface area contributed by atoms with E-state index in [1.807, 2.05) is 24.3 Å². The van der Waals surface area contributed by atoms with Gasteiger partial charge >= 0.3 is 0 Å². The fourth-order valence-corrected chi connectivity index (χ4v) is 2.81. The number of benzene rings is 1. The maximum Gasteiger partial charge on any atom is 0.100 e. The second-order valence-corrected chi connectivity index (χ2v) is 5.13. The molecule has 1 aromatic carbocycles. The lowest BCUT2D eigenvalue weighted by Gasteiger charge is -2.26. The van der Waals surface area contributed by atoms with Gasteiger partial charge in [0.05, 0.1) is 22.9 Å². The molecule has 1 heterocycles. The Kier molecular flexibility index (Phi) is 3.24. The van der Waals surface area contributed by atoms with E-state index in [2.05, 4.69) is 9.97 Å². The Balaban J connectivity index is 1.88. The number of aliphatic hydroxyl groups is 1. The van der Waals surface area contributed by atoms with Crippen LogP contribution in [0.15, 0.2) is 30.5 Å². The summed E-state index contributed by atoms with van der Waals surface area (Å²) in [5.74, 6) is 0.356. The minimum atomic E-state index is -0.456. The molecule has 1 aromatic heterocycles. The molecule has 1 aliphatic carbocycles. The molecule has 1 unspecified atom stereocenters. The quantitative estimate of drug-likeness (QED) is 0.879. The van der Waals surface area contributed by atoms with E-state index >= 15 is 0 Å². The first-order chi connectivity index (χ1) is 8.84. The highest BCUT2D eigenvalue weighted by Crippen LogP contribution is 2.33. The molecule has 2 aromatic rings. The van der Waals surface area contributed by atoms with E-state index in [-0.39, 0.29) is 0 Å². The molecule has 1 aliphatic rings. The molecule has 0 saturated heterocycles. The summed E-state index contributed by atoms with van der Waals surface area (Å²) in [7, 11) is 0. The van der Waals surface area contributed by atoms with E-state index in [1.165, 1.54) is 19.3 Å². The van der Waals surface area contributed by atoms with Crippen LogP contribution in [-0.2, 0) is 0 Å². The third kappa shape index (κ3) is 2.23. The third-order valence-electron chi connectivity index (χ3n) is 3.87.